The Kier molecular flexibility index (Phi) is 6.28. The van der Waals surface area contributed by atoms with Crippen LogP contribution in [0.15, 0.2) is 59.5 Å². The third-order valence-electron chi connectivity index (χ3n) is 2.89. The molecule has 2 aromatic carbocycles. The van der Waals surface area contributed by atoms with Gasteiger partial charge in [0.15, 0.2) is 0 Å². The minimum Gasteiger partial charge on any atom is -0.490 e. The van der Waals surface area contributed by atoms with E-state index in [4.69, 9.17) is 9.47 Å². The Morgan fingerprint density at radius 3 is 2.33 bits per heavy atom. The molecule has 0 spiro atoms. The zero-order valence-corrected chi connectivity index (χ0v) is 13.5. The summed E-state index contributed by atoms with van der Waals surface area (Å²) < 4.78 is 48.9. The molecule has 0 aliphatic heterocycles. The van der Waals surface area contributed by atoms with Crippen LogP contribution in [0, 0.1) is 5.82 Å². The van der Waals surface area contributed by atoms with Gasteiger partial charge in [-0.2, -0.15) is 4.72 Å². The molecule has 128 valence electrons. The number of rotatable bonds is 8. The number of carbonyl (C=O) groups excluding carboxylic acids is 1. The van der Waals surface area contributed by atoms with Crippen LogP contribution in [0.5, 0.6) is 5.75 Å². The Bertz CT molecular complexity index is 763. The lowest BCUT2D eigenvalue weighted by Crippen LogP contribution is -2.31. The fourth-order valence-electron chi connectivity index (χ4n) is 1.73. The number of carbonyl (C=O) groups is 1. The maximum atomic E-state index is 12.8. The highest BCUT2D eigenvalue weighted by Gasteiger charge is 2.16. The van der Waals surface area contributed by atoms with Crippen LogP contribution in [-0.2, 0) is 19.6 Å². The summed E-state index contributed by atoms with van der Waals surface area (Å²) >= 11 is 0. The molecular formula is C16H16FNO5S. The highest BCUT2D eigenvalue weighted by Crippen LogP contribution is 2.09. The molecule has 2 aromatic rings. The molecule has 0 atom stereocenters. The Labute approximate surface area is 139 Å². The topological polar surface area (TPSA) is 81.7 Å². The summed E-state index contributed by atoms with van der Waals surface area (Å²) in [6, 6.07) is 13.3. The molecule has 0 bridgehead atoms. The molecule has 0 saturated carbocycles. The van der Waals surface area contributed by atoms with E-state index in [2.05, 4.69) is 4.72 Å². The van der Waals surface area contributed by atoms with Gasteiger partial charge in [0.05, 0.1) is 4.90 Å². The second kappa shape index (κ2) is 8.42. The molecule has 24 heavy (non-hydrogen) atoms. The molecule has 0 saturated heterocycles. The van der Waals surface area contributed by atoms with Gasteiger partial charge in [-0.3, -0.25) is 4.79 Å². The van der Waals surface area contributed by atoms with Gasteiger partial charge in [0.2, 0.25) is 10.0 Å². The first-order valence-corrected chi connectivity index (χ1v) is 8.54. The van der Waals surface area contributed by atoms with E-state index in [0.717, 1.165) is 24.3 Å². The maximum absolute atomic E-state index is 12.8. The number of para-hydroxylation sites is 1. The van der Waals surface area contributed by atoms with Crippen molar-refractivity contribution in [2.75, 3.05) is 19.8 Å². The third-order valence-corrected chi connectivity index (χ3v) is 4.31. The van der Waals surface area contributed by atoms with Crippen molar-refractivity contribution in [1.82, 2.24) is 4.72 Å². The van der Waals surface area contributed by atoms with Gasteiger partial charge in [-0.25, -0.2) is 12.8 Å². The maximum Gasteiger partial charge on any atom is 0.321 e. The summed E-state index contributed by atoms with van der Waals surface area (Å²) in [6.07, 6.45) is 0. The van der Waals surface area contributed by atoms with E-state index in [1.165, 1.54) is 0 Å². The molecule has 0 fully saturated rings. The number of sulfonamides is 1. The van der Waals surface area contributed by atoms with Crippen molar-refractivity contribution in [2.24, 2.45) is 0 Å². The van der Waals surface area contributed by atoms with Crippen LogP contribution in [0.2, 0.25) is 0 Å². The largest absolute Gasteiger partial charge is 0.490 e. The average Bonchev–Trinajstić information content (AvgIpc) is 2.58. The normalized spacial score (nSPS) is 11.0. The number of hydrogen-bond acceptors (Lipinski definition) is 5. The lowest BCUT2D eigenvalue weighted by molar-refractivity contribution is -0.142. The molecule has 6 nitrogen and oxygen atoms in total. The highest BCUT2D eigenvalue weighted by atomic mass is 32.2. The summed E-state index contributed by atoms with van der Waals surface area (Å²) in [5, 5.41) is 0. The fourth-order valence-corrected chi connectivity index (χ4v) is 2.70. The zero-order valence-electron chi connectivity index (χ0n) is 12.6. The minimum atomic E-state index is -3.89. The first kappa shape index (κ1) is 17.9. The second-order valence-corrected chi connectivity index (χ2v) is 6.43. The molecule has 0 aliphatic rings. The van der Waals surface area contributed by atoms with Crippen molar-refractivity contribution in [3.8, 4) is 5.75 Å². The van der Waals surface area contributed by atoms with E-state index in [9.17, 15) is 17.6 Å². The van der Waals surface area contributed by atoms with E-state index in [1.807, 2.05) is 18.2 Å². The number of ether oxygens (including phenoxy) is 2. The zero-order chi connectivity index (χ0) is 17.4. The van der Waals surface area contributed by atoms with Gasteiger partial charge < -0.3 is 9.47 Å². The van der Waals surface area contributed by atoms with Gasteiger partial charge in [-0.1, -0.05) is 18.2 Å². The molecule has 0 aromatic heterocycles. The number of hydrogen-bond donors (Lipinski definition) is 1. The van der Waals surface area contributed by atoms with Crippen molar-refractivity contribution >= 4 is 16.0 Å². The number of esters is 1. The van der Waals surface area contributed by atoms with Crippen LogP contribution < -0.4 is 9.46 Å². The van der Waals surface area contributed by atoms with Crippen molar-refractivity contribution in [2.45, 2.75) is 4.90 Å². The van der Waals surface area contributed by atoms with Crippen LogP contribution in [0.3, 0.4) is 0 Å². The lowest BCUT2D eigenvalue weighted by Gasteiger charge is -2.08. The molecule has 0 amide bonds. The van der Waals surface area contributed by atoms with Gasteiger partial charge in [0.25, 0.3) is 0 Å². The highest BCUT2D eigenvalue weighted by molar-refractivity contribution is 7.89. The lowest BCUT2D eigenvalue weighted by atomic mass is 10.3. The van der Waals surface area contributed by atoms with Gasteiger partial charge in [0, 0.05) is 0 Å². The van der Waals surface area contributed by atoms with E-state index in [1.54, 1.807) is 12.1 Å². The summed E-state index contributed by atoms with van der Waals surface area (Å²) in [5.74, 6) is -0.644. The van der Waals surface area contributed by atoms with E-state index < -0.39 is 28.4 Å². The third kappa shape index (κ3) is 5.64. The molecule has 2 rings (SSSR count). The van der Waals surface area contributed by atoms with Crippen molar-refractivity contribution < 1.29 is 27.1 Å². The molecule has 0 unspecified atom stereocenters. The van der Waals surface area contributed by atoms with Crippen LogP contribution in [0.25, 0.3) is 0 Å². The van der Waals surface area contributed by atoms with Crippen LogP contribution >= 0.6 is 0 Å². The molecular weight excluding hydrogens is 337 g/mol. The van der Waals surface area contributed by atoms with Gasteiger partial charge in [0.1, 0.15) is 31.3 Å². The van der Waals surface area contributed by atoms with E-state index in [-0.39, 0.29) is 18.1 Å². The smallest absolute Gasteiger partial charge is 0.321 e. The molecule has 0 radical (unpaired) electrons. The van der Waals surface area contributed by atoms with Crippen LogP contribution in [0.1, 0.15) is 0 Å². The predicted molar refractivity (Wildman–Crippen MR) is 84.5 cm³/mol. The van der Waals surface area contributed by atoms with Crippen molar-refractivity contribution in [3.63, 3.8) is 0 Å². The quantitative estimate of drug-likeness (QED) is 0.577. The Hall–Kier alpha value is -2.45. The number of halogens is 1. The van der Waals surface area contributed by atoms with Gasteiger partial charge >= 0.3 is 5.97 Å². The van der Waals surface area contributed by atoms with Crippen molar-refractivity contribution in [3.05, 3.63) is 60.4 Å². The van der Waals surface area contributed by atoms with Crippen LogP contribution in [0.4, 0.5) is 4.39 Å². The molecule has 8 heteroatoms. The SMILES string of the molecule is O=C(CNS(=O)(=O)c1ccc(F)cc1)OCCOc1ccccc1. The summed E-state index contributed by atoms with van der Waals surface area (Å²) in [4.78, 5) is 11.4. The summed E-state index contributed by atoms with van der Waals surface area (Å²) in [7, 11) is -3.89. The van der Waals surface area contributed by atoms with E-state index >= 15 is 0 Å². The summed E-state index contributed by atoms with van der Waals surface area (Å²) in [6.45, 7) is -0.377. The predicted octanol–water partition coefficient (Wildman–Crippen LogP) is 1.73. The Morgan fingerprint density at radius 2 is 1.67 bits per heavy atom. The molecule has 0 heterocycles. The number of nitrogens with one attached hydrogen (secondary N) is 1. The minimum absolute atomic E-state index is 0.00793. The first-order chi connectivity index (χ1) is 11.5. The Balaban J connectivity index is 1.71. The van der Waals surface area contributed by atoms with Crippen LogP contribution in [-0.4, -0.2) is 34.1 Å². The monoisotopic (exact) mass is 353 g/mol. The standard InChI is InChI=1S/C16H16FNO5S/c17-13-6-8-15(9-7-13)24(20,21)18-12-16(19)23-11-10-22-14-4-2-1-3-5-14/h1-9,18H,10-12H2. The van der Waals surface area contributed by atoms with Gasteiger partial charge in [-0.15, -0.1) is 0 Å². The first-order valence-electron chi connectivity index (χ1n) is 7.06. The fraction of sp³-hybridized carbons (Fsp3) is 0.188. The molecule has 0 aliphatic carbocycles. The van der Waals surface area contributed by atoms with Crippen molar-refractivity contribution in [1.29, 1.82) is 0 Å². The second-order valence-electron chi connectivity index (χ2n) is 4.66. The summed E-state index contributed by atoms with van der Waals surface area (Å²) in [5.41, 5.74) is 0. The molecule has 1 N–H and O–H groups in total. The van der Waals surface area contributed by atoms with E-state index in [0.29, 0.717) is 5.75 Å². The average molecular weight is 353 g/mol. The Morgan fingerprint density at radius 1 is 1.00 bits per heavy atom. The number of benzene rings is 2. The van der Waals surface area contributed by atoms with Gasteiger partial charge in [-0.05, 0) is 36.4 Å².